The lowest BCUT2D eigenvalue weighted by molar-refractivity contribution is 0.238. The molecule has 6 rings (SSSR count). The van der Waals surface area contributed by atoms with E-state index in [9.17, 15) is 4.79 Å². The molecule has 3 heterocycles. The second-order valence-corrected chi connectivity index (χ2v) is 10.7. The van der Waals surface area contributed by atoms with E-state index in [1.807, 2.05) is 24.3 Å². The highest BCUT2D eigenvalue weighted by Crippen LogP contribution is 2.35. The third-order valence-corrected chi connectivity index (χ3v) is 7.89. The van der Waals surface area contributed by atoms with Crippen molar-refractivity contribution in [3.05, 3.63) is 89.5 Å². The Morgan fingerprint density at radius 1 is 0.810 bits per heavy atom. The minimum absolute atomic E-state index is 0.398. The van der Waals surface area contributed by atoms with Gasteiger partial charge in [0.05, 0.1) is 29.6 Å². The molecule has 7 nitrogen and oxygen atoms in total. The van der Waals surface area contributed by atoms with Crippen molar-refractivity contribution < 1.29 is 13.6 Å². The Kier molecular flexibility index (Phi) is 8.66. The highest BCUT2D eigenvalue weighted by atomic mass is 16.5. The first-order valence-corrected chi connectivity index (χ1v) is 15.0. The Bertz CT molecular complexity index is 1800. The van der Waals surface area contributed by atoms with E-state index in [2.05, 4.69) is 53.5 Å². The molecule has 216 valence electrons. The van der Waals surface area contributed by atoms with Gasteiger partial charge in [0.25, 0.3) is 0 Å². The molecule has 0 aliphatic carbocycles. The molecule has 0 saturated carbocycles. The summed E-state index contributed by atoms with van der Waals surface area (Å²) in [5.74, 6) is 0.509. The fourth-order valence-corrected chi connectivity index (χ4v) is 5.69. The van der Waals surface area contributed by atoms with E-state index in [0.29, 0.717) is 23.5 Å². The van der Waals surface area contributed by atoms with Crippen LogP contribution >= 0.6 is 0 Å². The molecule has 0 unspecified atom stereocenters. The molecule has 3 aromatic heterocycles. The van der Waals surface area contributed by atoms with E-state index >= 15 is 0 Å². The first-order valence-electron chi connectivity index (χ1n) is 15.0. The number of benzene rings is 3. The molecule has 0 aliphatic heterocycles. The fraction of sp³-hybridized carbons (Fsp3) is 0.314. The van der Waals surface area contributed by atoms with E-state index in [4.69, 9.17) is 18.6 Å². The number of ether oxygens (including phenoxy) is 1. The van der Waals surface area contributed by atoms with Gasteiger partial charge in [-0.2, -0.15) is 0 Å². The van der Waals surface area contributed by atoms with Gasteiger partial charge in [-0.3, -0.25) is 0 Å². The summed E-state index contributed by atoms with van der Waals surface area (Å²) in [4.78, 5) is 19.1. The molecule has 3 aromatic carbocycles. The number of anilines is 1. The first-order chi connectivity index (χ1) is 20.7. The summed E-state index contributed by atoms with van der Waals surface area (Å²) in [6.45, 7) is 6.72. The monoisotopic (exact) mass is 563 g/mol. The van der Waals surface area contributed by atoms with Crippen LogP contribution in [0.25, 0.3) is 43.7 Å². The average molecular weight is 564 g/mol. The molecule has 0 spiro atoms. The minimum Gasteiger partial charge on any atom is -0.486 e. The number of pyridine rings is 1. The van der Waals surface area contributed by atoms with Gasteiger partial charge in [-0.05, 0) is 62.7 Å². The van der Waals surface area contributed by atoms with Gasteiger partial charge in [-0.1, -0.05) is 56.2 Å². The Labute approximate surface area is 245 Å². The van der Waals surface area contributed by atoms with Crippen molar-refractivity contribution in [2.75, 3.05) is 38.1 Å². The van der Waals surface area contributed by atoms with Gasteiger partial charge in [0.15, 0.2) is 11.2 Å². The highest BCUT2D eigenvalue weighted by molar-refractivity contribution is 6.07. The zero-order chi connectivity index (χ0) is 28.7. The smallest absolute Gasteiger partial charge is 0.336 e. The van der Waals surface area contributed by atoms with Crippen molar-refractivity contribution >= 4 is 49.4 Å². The van der Waals surface area contributed by atoms with E-state index < -0.39 is 5.63 Å². The standard InChI is InChI=1S/C35H37N3O4/c1-2-38(21-11-22-40-35-33-26(18-23-41-33)24-25-16-17-31(39)42-34(25)35)20-10-4-3-9-19-36-32-27-12-5-7-14-29(27)37-30-15-8-6-13-28(30)32/h5-8,12-18,23-24H,2-4,9-11,19-22H2,1H3,(H,36,37). The van der Waals surface area contributed by atoms with Crippen LogP contribution in [0.5, 0.6) is 5.75 Å². The normalized spacial score (nSPS) is 11.8. The van der Waals surface area contributed by atoms with Gasteiger partial charge in [0, 0.05) is 40.7 Å². The first kappa shape index (κ1) is 27.8. The fourth-order valence-electron chi connectivity index (χ4n) is 5.69. The van der Waals surface area contributed by atoms with Crippen molar-refractivity contribution in [1.29, 1.82) is 0 Å². The lowest BCUT2D eigenvalue weighted by atomic mass is 10.1. The van der Waals surface area contributed by atoms with Gasteiger partial charge < -0.3 is 23.8 Å². The highest BCUT2D eigenvalue weighted by Gasteiger charge is 2.15. The number of hydrogen-bond acceptors (Lipinski definition) is 7. The number of unbranched alkanes of at least 4 members (excludes halogenated alkanes) is 3. The molecule has 0 fully saturated rings. The molecular formula is C35H37N3O4. The van der Waals surface area contributed by atoms with Gasteiger partial charge in [-0.25, -0.2) is 9.78 Å². The molecule has 1 N–H and O–H groups in total. The van der Waals surface area contributed by atoms with Crippen LogP contribution in [-0.2, 0) is 0 Å². The summed E-state index contributed by atoms with van der Waals surface area (Å²) < 4.78 is 17.3. The average Bonchev–Trinajstić information content (AvgIpc) is 3.49. The lowest BCUT2D eigenvalue weighted by Crippen LogP contribution is -2.26. The summed E-state index contributed by atoms with van der Waals surface area (Å²) in [5.41, 5.74) is 3.91. The predicted octanol–water partition coefficient (Wildman–Crippen LogP) is 8.00. The van der Waals surface area contributed by atoms with Gasteiger partial charge in [-0.15, -0.1) is 0 Å². The molecule has 6 aromatic rings. The Hall–Kier alpha value is -4.36. The van der Waals surface area contributed by atoms with Crippen LogP contribution in [0.4, 0.5) is 5.69 Å². The Morgan fingerprint density at radius 3 is 2.31 bits per heavy atom. The van der Waals surface area contributed by atoms with E-state index in [-0.39, 0.29) is 0 Å². The molecule has 0 amide bonds. The number of para-hydroxylation sites is 2. The van der Waals surface area contributed by atoms with E-state index in [1.165, 1.54) is 41.8 Å². The minimum atomic E-state index is -0.398. The summed E-state index contributed by atoms with van der Waals surface area (Å²) >= 11 is 0. The number of nitrogens with zero attached hydrogens (tertiary/aromatic N) is 2. The third-order valence-electron chi connectivity index (χ3n) is 7.89. The third kappa shape index (κ3) is 6.11. The van der Waals surface area contributed by atoms with Crippen molar-refractivity contribution in [1.82, 2.24) is 9.88 Å². The number of furan rings is 1. The molecule has 7 heteroatoms. The van der Waals surface area contributed by atoms with Crippen LogP contribution in [0.2, 0.25) is 0 Å². The summed E-state index contributed by atoms with van der Waals surface area (Å²) in [6.07, 6.45) is 7.22. The van der Waals surface area contributed by atoms with Crippen LogP contribution in [0.3, 0.4) is 0 Å². The van der Waals surface area contributed by atoms with Gasteiger partial charge >= 0.3 is 5.63 Å². The topological polar surface area (TPSA) is 80.7 Å². The maximum atomic E-state index is 11.8. The lowest BCUT2D eigenvalue weighted by Gasteiger charge is -2.20. The van der Waals surface area contributed by atoms with Crippen LogP contribution in [0.1, 0.15) is 39.0 Å². The van der Waals surface area contributed by atoms with Gasteiger partial charge in [0.2, 0.25) is 5.75 Å². The van der Waals surface area contributed by atoms with Crippen LogP contribution < -0.4 is 15.7 Å². The molecule has 0 aliphatic rings. The molecule has 42 heavy (non-hydrogen) atoms. The van der Waals surface area contributed by atoms with Crippen molar-refractivity contribution in [2.45, 2.75) is 39.0 Å². The number of fused-ring (bicyclic) bond motifs is 4. The van der Waals surface area contributed by atoms with Crippen molar-refractivity contribution in [3.8, 4) is 5.75 Å². The zero-order valence-electron chi connectivity index (χ0n) is 24.1. The predicted molar refractivity (Wildman–Crippen MR) is 171 cm³/mol. The number of nitrogens with one attached hydrogen (secondary N) is 1. The Balaban J connectivity index is 0.941. The molecular weight excluding hydrogens is 526 g/mol. The van der Waals surface area contributed by atoms with Crippen molar-refractivity contribution in [3.63, 3.8) is 0 Å². The van der Waals surface area contributed by atoms with Gasteiger partial charge in [0.1, 0.15) is 0 Å². The molecule has 0 saturated heterocycles. The largest absolute Gasteiger partial charge is 0.486 e. The Morgan fingerprint density at radius 2 is 1.52 bits per heavy atom. The second-order valence-electron chi connectivity index (χ2n) is 10.7. The van der Waals surface area contributed by atoms with Crippen molar-refractivity contribution in [2.24, 2.45) is 0 Å². The molecule has 0 radical (unpaired) electrons. The number of hydrogen-bond donors (Lipinski definition) is 1. The van der Waals surface area contributed by atoms with E-state index in [1.54, 1.807) is 12.3 Å². The number of aromatic nitrogens is 1. The summed E-state index contributed by atoms with van der Waals surface area (Å²) in [5, 5.41) is 7.83. The second kappa shape index (κ2) is 13.1. The van der Waals surface area contributed by atoms with Crippen LogP contribution in [0, 0.1) is 0 Å². The quantitative estimate of drug-likeness (QED) is 0.0817. The maximum Gasteiger partial charge on any atom is 0.336 e. The summed E-state index contributed by atoms with van der Waals surface area (Å²) in [7, 11) is 0. The molecule has 0 bridgehead atoms. The SMILES string of the molecule is CCN(CCCCCCNc1c2ccccc2nc2ccccc12)CCCOc1c2occc2cc2ccc(=O)oc12. The zero-order valence-corrected chi connectivity index (χ0v) is 24.1. The maximum absolute atomic E-state index is 11.8. The number of rotatable bonds is 14. The summed E-state index contributed by atoms with van der Waals surface area (Å²) in [6, 6.07) is 23.7. The van der Waals surface area contributed by atoms with Crippen LogP contribution in [-0.4, -0.2) is 42.7 Å². The molecule has 0 atom stereocenters. The van der Waals surface area contributed by atoms with Crippen LogP contribution in [0.15, 0.2) is 92.7 Å². The van der Waals surface area contributed by atoms with E-state index in [0.717, 1.165) is 60.8 Å².